The van der Waals surface area contributed by atoms with Crippen molar-refractivity contribution in [1.29, 1.82) is 5.26 Å². The van der Waals surface area contributed by atoms with Crippen molar-refractivity contribution in [1.82, 2.24) is 0 Å². The molecule has 0 bridgehead atoms. The molecule has 0 aliphatic rings. The van der Waals surface area contributed by atoms with Gasteiger partial charge in [0.15, 0.2) is 0 Å². The van der Waals surface area contributed by atoms with E-state index in [2.05, 4.69) is 6.07 Å². The Kier molecular flexibility index (Phi) is 3.47. The lowest BCUT2D eigenvalue weighted by Crippen LogP contribution is -1.98. The zero-order valence-corrected chi connectivity index (χ0v) is 11.5. The highest BCUT2D eigenvalue weighted by Gasteiger charge is 2.13. The van der Waals surface area contributed by atoms with E-state index in [9.17, 15) is 9.90 Å². The number of aromatic carboxylic acids is 1. The Bertz CT molecular complexity index is 910. The van der Waals surface area contributed by atoms with Crippen LogP contribution >= 0.6 is 0 Å². The highest BCUT2D eigenvalue weighted by Crippen LogP contribution is 2.33. The first-order valence-electron chi connectivity index (χ1n) is 6.62. The largest absolute Gasteiger partial charge is 0.478 e. The van der Waals surface area contributed by atoms with Gasteiger partial charge in [-0.25, -0.2) is 4.79 Å². The molecule has 0 aliphatic carbocycles. The molecular weight excluding hydrogens is 278 g/mol. The standard InChI is InChI=1S/C18H11NO3/c19-11-12-5-1-4-8-16(12)22-17-10-9-15(18(20)21)13-6-2-3-7-14(13)17/h1-10H,(H,20,21). The molecule has 106 valence electrons. The Hall–Kier alpha value is -3.32. The summed E-state index contributed by atoms with van der Waals surface area (Å²) in [7, 11) is 0. The maximum absolute atomic E-state index is 11.3. The zero-order chi connectivity index (χ0) is 15.5. The lowest BCUT2D eigenvalue weighted by atomic mass is 10.0. The van der Waals surface area contributed by atoms with Crippen LogP contribution in [0.3, 0.4) is 0 Å². The molecule has 0 spiro atoms. The number of carboxylic acid groups (broad SMARTS) is 1. The summed E-state index contributed by atoms with van der Waals surface area (Å²) in [5.74, 6) is -0.0262. The minimum absolute atomic E-state index is 0.219. The summed E-state index contributed by atoms with van der Waals surface area (Å²) in [6.45, 7) is 0. The molecule has 0 atom stereocenters. The van der Waals surface area contributed by atoms with Gasteiger partial charge in [0.05, 0.1) is 11.1 Å². The average molecular weight is 289 g/mol. The second-order valence-corrected chi connectivity index (χ2v) is 4.67. The number of fused-ring (bicyclic) bond motifs is 1. The van der Waals surface area contributed by atoms with E-state index in [1.165, 1.54) is 6.07 Å². The molecule has 4 heteroatoms. The Labute approximate surface area is 126 Å². The second-order valence-electron chi connectivity index (χ2n) is 4.67. The normalized spacial score (nSPS) is 10.1. The monoisotopic (exact) mass is 289 g/mol. The van der Waals surface area contributed by atoms with E-state index >= 15 is 0 Å². The molecule has 0 saturated heterocycles. The van der Waals surface area contributed by atoms with Gasteiger partial charge in [0.1, 0.15) is 17.6 Å². The first kappa shape index (κ1) is 13.7. The van der Waals surface area contributed by atoms with E-state index in [0.29, 0.717) is 27.8 Å². The lowest BCUT2D eigenvalue weighted by Gasteiger charge is -2.11. The first-order valence-corrected chi connectivity index (χ1v) is 6.62. The van der Waals surface area contributed by atoms with Crippen LogP contribution in [0.1, 0.15) is 15.9 Å². The van der Waals surface area contributed by atoms with Gasteiger partial charge in [0.25, 0.3) is 0 Å². The van der Waals surface area contributed by atoms with Crippen LogP contribution in [0.4, 0.5) is 0 Å². The number of benzene rings is 3. The van der Waals surface area contributed by atoms with Gasteiger partial charge in [-0.05, 0) is 29.7 Å². The van der Waals surface area contributed by atoms with Gasteiger partial charge in [-0.1, -0.05) is 36.4 Å². The summed E-state index contributed by atoms with van der Waals surface area (Å²) in [6.07, 6.45) is 0. The molecule has 4 nitrogen and oxygen atoms in total. The number of para-hydroxylation sites is 1. The number of rotatable bonds is 3. The lowest BCUT2D eigenvalue weighted by molar-refractivity contribution is 0.0699. The third-order valence-corrected chi connectivity index (χ3v) is 3.34. The highest BCUT2D eigenvalue weighted by molar-refractivity contribution is 6.05. The van der Waals surface area contributed by atoms with Crippen LogP contribution in [0.5, 0.6) is 11.5 Å². The maximum Gasteiger partial charge on any atom is 0.336 e. The third kappa shape index (κ3) is 2.36. The molecule has 0 heterocycles. The molecule has 3 aromatic carbocycles. The van der Waals surface area contributed by atoms with Gasteiger partial charge >= 0.3 is 5.97 Å². The van der Waals surface area contributed by atoms with E-state index in [0.717, 1.165) is 0 Å². The number of hydrogen-bond acceptors (Lipinski definition) is 3. The van der Waals surface area contributed by atoms with Crippen molar-refractivity contribution in [3.05, 3.63) is 71.8 Å². The van der Waals surface area contributed by atoms with E-state index in [1.54, 1.807) is 48.5 Å². The van der Waals surface area contributed by atoms with Crippen molar-refractivity contribution in [2.75, 3.05) is 0 Å². The Balaban J connectivity index is 2.15. The van der Waals surface area contributed by atoms with Crippen molar-refractivity contribution in [2.45, 2.75) is 0 Å². The topological polar surface area (TPSA) is 70.3 Å². The third-order valence-electron chi connectivity index (χ3n) is 3.34. The van der Waals surface area contributed by atoms with Crippen molar-refractivity contribution in [3.8, 4) is 17.6 Å². The van der Waals surface area contributed by atoms with Crippen molar-refractivity contribution in [2.24, 2.45) is 0 Å². The molecule has 0 amide bonds. The molecule has 22 heavy (non-hydrogen) atoms. The minimum atomic E-state index is -0.986. The Morgan fingerprint density at radius 1 is 0.909 bits per heavy atom. The van der Waals surface area contributed by atoms with Crippen LogP contribution in [0.2, 0.25) is 0 Å². The summed E-state index contributed by atoms with van der Waals surface area (Å²) < 4.78 is 5.83. The summed E-state index contributed by atoms with van der Waals surface area (Å²) in [6, 6.07) is 19.2. The van der Waals surface area contributed by atoms with Gasteiger partial charge in [0.2, 0.25) is 0 Å². The fourth-order valence-electron chi connectivity index (χ4n) is 2.31. The number of hydrogen-bond donors (Lipinski definition) is 1. The quantitative estimate of drug-likeness (QED) is 0.784. The average Bonchev–Trinajstić information content (AvgIpc) is 2.55. The van der Waals surface area contributed by atoms with Crippen molar-refractivity contribution >= 4 is 16.7 Å². The summed E-state index contributed by atoms with van der Waals surface area (Å²) >= 11 is 0. The fourth-order valence-corrected chi connectivity index (χ4v) is 2.31. The van der Waals surface area contributed by atoms with E-state index < -0.39 is 5.97 Å². The van der Waals surface area contributed by atoms with Gasteiger partial charge in [-0.15, -0.1) is 0 Å². The van der Waals surface area contributed by atoms with Gasteiger partial charge in [-0.2, -0.15) is 5.26 Å². The Morgan fingerprint density at radius 3 is 2.32 bits per heavy atom. The number of nitriles is 1. The van der Waals surface area contributed by atoms with Crippen LogP contribution in [0.15, 0.2) is 60.7 Å². The molecule has 0 fully saturated rings. The number of ether oxygens (including phenoxy) is 1. The van der Waals surface area contributed by atoms with Gasteiger partial charge in [0, 0.05) is 5.39 Å². The molecular formula is C18H11NO3. The second kappa shape index (κ2) is 5.58. The SMILES string of the molecule is N#Cc1ccccc1Oc1ccc(C(=O)O)c2ccccc12. The first-order chi connectivity index (χ1) is 10.7. The smallest absolute Gasteiger partial charge is 0.336 e. The minimum Gasteiger partial charge on any atom is -0.478 e. The van der Waals surface area contributed by atoms with E-state index in [4.69, 9.17) is 10.00 Å². The van der Waals surface area contributed by atoms with Crippen LogP contribution in [0.25, 0.3) is 10.8 Å². The van der Waals surface area contributed by atoms with Crippen LogP contribution in [-0.2, 0) is 0 Å². The predicted molar refractivity (Wildman–Crippen MR) is 82.1 cm³/mol. The summed E-state index contributed by atoms with van der Waals surface area (Å²) in [5, 5.41) is 19.7. The molecule has 0 saturated carbocycles. The van der Waals surface area contributed by atoms with Crippen molar-refractivity contribution in [3.63, 3.8) is 0 Å². The van der Waals surface area contributed by atoms with E-state index in [-0.39, 0.29) is 5.56 Å². The molecule has 0 radical (unpaired) electrons. The fraction of sp³-hybridized carbons (Fsp3) is 0. The maximum atomic E-state index is 11.3. The molecule has 3 rings (SSSR count). The van der Waals surface area contributed by atoms with Gasteiger partial charge in [-0.3, -0.25) is 0 Å². The van der Waals surface area contributed by atoms with Gasteiger partial charge < -0.3 is 9.84 Å². The van der Waals surface area contributed by atoms with E-state index in [1.807, 2.05) is 6.07 Å². The molecule has 0 unspecified atom stereocenters. The van der Waals surface area contributed by atoms with Crippen LogP contribution < -0.4 is 4.74 Å². The number of carboxylic acids is 1. The van der Waals surface area contributed by atoms with Crippen LogP contribution in [-0.4, -0.2) is 11.1 Å². The molecule has 0 aromatic heterocycles. The Morgan fingerprint density at radius 2 is 1.59 bits per heavy atom. The summed E-state index contributed by atoms with van der Waals surface area (Å²) in [4.78, 5) is 11.3. The van der Waals surface area contributed by atoms with Crippen molar-refractivity contribution < 1.29 is 14.6 Å². The molecule has 3 aromatic rings. The number of nitrogens with zero attached hydrogens (tertiary/aromatic N) is 1. The highest BCUT2D eigenvalue weighted by atomic mass is 16.5. The zero-order valence-electron chi connectivity index (χ0n) is 11.5. The molecule has 1 N–H and O–H groups in total. The molecule has 0 aliphatic heterocycles. The van der Waals surface area contributed by atoms with Crippen LogP contribution in [0, 0.1) is 11.3 Å². The predicted octanol–water partition coefficient (Wildman–Crippen LogP) is 4.20. The summed E-state index contributed by atoms with van der Waals surface area (Å²) in [5.41, 5.74) is 0.644. The number of carbonyl (C=O) groups is 1.